The maximum Gasteiger partial charge on any atom is 0.408 e. The van der Waals surface area contributed by atoms with Crippen molar-refractivity contribution in [3.05, 3.63) is 52.2 Å². The first-order valence-electron chi connectivity index (χ1n) is 22.9. The van der Waals surface area contributed by atoms with E-state index in [9.17, 15) is 33.9 Å². The van der Waals surface area contributed by atoms with Crippen LogP contribution in [0.4, 0.5) is 4.79 Å². The average molecular weight is 924 g/mol. The van der Waals surface area contributed by atoms with Crippen molar-refractivity contribution in [2.24, 2.45) is 5.41 Å². The van der Waals surface area contributed by atoms with Gasteiger partial charge in [0.2, 0.25) is 24.2 Å². The molecule has 0 unspecified atom stereocenters. The quantitative estimate of drug-likeness (QED) is 0.151. The zero-order valence-corrected chi connectivity index (χ0v) is 40.2. The van der Waals surface area contributed by atoms with Crippen LogP contribution in [0, 0.1) is 12.3 Å². The Labute approximate surface area is 387 Å². The zero-order chi connectivity index (χ0) is 48.5. The number of nitrogens with zero attached hydrogens (tertiary/aromatic N) is 4. The minimum atomic E-state index is -1.43. The highest BCUT2D eigenvalue weighted by molar-refractivity contribution is 5.82. The molecule has 18 heteroatoms. The van der Waals surface area contributed by atoms with Gasteiger partial charge in [0.05, 0.1) is 0 Å². The molecule has 1 aromatic carbocycles. The van der Waals surface area contributed by atoms with E-state index in [0.29, 0.717) is 19.5 Å². The number of carbonyl (C=O) groups is 6. The fraction of sp³-hybridized carbons (Fsp3) is 0.646. The summed E-state index contributed by atoms with van der Waals surface area (Å²) in [5, 5.41) is 17.2. The molecule has 5 rings (SSSR count). The molecule has 3 aliphatic heterocycles. The third-order valence-electron chi connectivity index (χ3n) is 12.5. The van der Waals surface area contributed by atoms with Gasteiger partial charge >= 0.3 is 30.0 Å². The Balaban J connectivity index is 1.24. The second-order valence-electron chi connectivity index (χ2n) is 19.1. The summed E-state index contributed by atoms with van der Waals surface area (Å²) in [5.41, 5.74) is 4.16. The van der Waals surface area contributed by atoms with Crippen LogP contribution in [0.1, 0.15) is 128 Å². The topological polar surface area (TPSA) is 216 Å². The van der Waals surface area contributed by atoms with Gasteiger partial charge in [0, 0.05) is 77.1 Å². The lowest BCUT2D eigenvalue weighted by Gasteiger charge is -2.48. The summed E-state index contributed by atoms with van der Waals surface area (Å²) >= 11 is 0. The number of hydrogen-bond donors (Lipinski definition) is 2. The van der Waals surface area contributed by atoms with Gasteiger partial charge < -0.3 is 43.3 Å². The lowest BCUT2D eigenvalue weighted by Crippen LogP contribution is -2.63. The monoisotopic (exact) mass is 923 g/mol. The number of carboxylic acid groups (broad SMARTS) is 1. The number of carbonyl (C=O) groups excluding carboxylic acids is 5. The maximum absolute atomic E-state index is 13.1. The zero-order valence-electron chi connectivity index (χ0n) is 40.2. The molecule has 3 saturated heterocycles. The second kappa shape index (κ2) is 22.3. The number of esters is 4. The van der Waals surface area contributed by atoms with E-state index in [1.807, 2.05) is 25.7 Å². The summed E-state index contributed by atoms with van der Waals surface area (Å²) in [4.78, 5) is 79.3. The van der Waals surface area contributed by atoms with Crippen LogP contribution in [0.2, 0.25) is 0 Å². The van der Waals surface area contributed by atoms with Crippen LogP contribution in [0.25, 0.3) is 6.08 Å². The number of amides is 2. The van der Waals surface area contributed by atoms with Crippen molar-refractivity contribution in [1.82, 2.24) is 24.9 Å². The summed E-state index contributed by atoms with van der Waals surface area (Å²) in [6, 6.07) is 6.26. The first-order chi connectivity index (χ1) is 31.1. The number of aromatic amines is 1. The van der Waals surface area contributed by atoms with Gasteiger partial charge in [-0.2, -0.15) is 0 Å². The fourth-order valence-corrected chi connectivity index (χ4v) is 9.16. The van der Waals surface area contributed by atoms with Crippen LogP contribution < -0.4 is 4.74 Å². The highest BCUT2D eigenvalue weighted by Gasteiger charge is 2.54. The van der Waals surface area contributed by atoms with Gasteiger partial charge in [-0.25, -0.2) is 4.79 Å². The van der Waals surface area contributed by atoms with E-state index in [2.05, 4.69) is 45.4 Å². The lowest BCUT2D eigenvalue weighted by atomic mass is 9.72. The van der Waals surface area contributed by atoms with Gasteiger partial charge in [-0.15, -0.1) is 5.10 Å². The molecule has 66 heavy (non-hydrogen) atoms. The minimum Gasteiger partial charge on any atom is -0.465 e. The van der Waals surface area contributed by atoms with Crippen LogP contribution in [0.5, 0.6) is 5.88 Å². The third kappa shape index (κ3) is 13.8. The number of nitrogens with one attached hydrogen (secondary N) is 1. The highest BCUT2D eigenvalue weighted by atomic mass is 16.7. The van der Waals surface area contributed by atoms with Gasteiger partial charge in [0.15, 0.2) is 12.2 Å². The molecule has 1 aromatic heterocycles. The number of aromatic nitrogens is 2. The number of aryl methyl sites for hydroxylation is 1. The number of piperidine rings is 2. The van der Waals surface area contributed by atoms with Crippen LogP contribution in [-0.4, -0.2) is 148 Å². The van der Waals surface area contributed by atoms with Gasteiger partial charge in [0.25, 0.3) is 0 Å². The predicted molar refractivity (Wildman–Crippen MR) is 241 cm³/mol. The predicted octanol–water partition coefficient (Wildman–Crippen LogP) is 5.78. The molecule has 364 valence electrons. The molecule has 5 atom stereocenters. The first-order valence-corrected chi connectivity index (χ1v) is 22.9. The van der Waals surface area contributed by atoms with E-state index in [4.69, 9.17) is 28.4 Å². The molecular formula is C48H69N5O13. The molecule has 4 heterocycles. The largest absolute Gasteiger partial charge is 0.465 e. The normalized spacial score (nSPS) is 22.2. The number of rotatable bonds is 16. The molecule has 2 amide bonds. The highest BCUT2D eigenvalue weighted by Crippen LogP contribution is 2.40. The van der Waals surface area contributed by atoms with E-state index in [1.165, 1.54) is 18.7 Å². The lowest BCUT2D eigenvalue weighted by molar-refractivity contribution is -0.289. The SMILES string of the molecule is CC(=O)OC[C@H]1O[C@@H](Oc2n[nH]c(C(C)C)c2Cc2ccc(/C=C/CCN3CCCC4(CCN(C(=O)CN(C(=O)O)C(C)(C)C)CC4)C3)cc2C)[C@H](OC(C)=O)[C@@H](OC(C)=O)[C@@H]1OC(C)=O. The Kier molecular flexibility index (Phi) is 17.4. The van der Waals surface area contributed by atoms with Crippen molar-refractivity contribution in [2.45, 2.75) is 150 Å². The standard InChI is InChI=1S/C48H69N5O13/c1-29(2)40-37(44(50-49-40)66-45-43(64-34(7)57)42(63-33(6)56)41(62-32(5)55)38(65-45)27-61-31(4)54)25-36-16-15-35(24-30(36)3)14-11-12-20-51-21-13-17-48(28-51)18-22-52(23-19-48)39(58)26-53(46(59)60)47(8,9)10/h11,14-16,24,29,38,41-43,45H,12-13,17-23,25-28H2,1-10H3,(H,49,50)(H,59,60)/b14-11+/t38-,41-,42+,43-,45+/m1/s1. The summed E-state index contributed by atoms with van der Waals surface area (Å²) in [6.07, 6.45) is 1.91. The molecule has 2 N–H and O–H groups in total. The van der Waals surface area contributed by atoms with Gasteiger partial charge in [-0.3, -0.25) is 34.0 Å². The Hall–Kier alpha value is -5.49. The fourth-order valence-electron chi connectivity index (χ4n) is 9.16. The van der Waals surface area contributed by atoms with E-state index in [0.717, 1.165) is 93.5 Å². The molecule has 1 spiro atoms. The van der Waals surface area contributed by atoms with Crippen molar-refractivity contribution in [1.29, 1.82) is 0 Å². The number of ether oxygens (including phenoxy) is 6. The Morgan fingerprint density at radius 2 is 1.59 bits per heavy atom. The Bertz CT molecular complexity index is 2090. The molecule has 0 bridgehead atoms. The van der Waals surface area contributed by atoms with Crippen LogP contribution in [-0.2, 0) is 54.1 Å². The number of H-pyrrole nitrogens is 1. The van der Waals surface area contributed by atoms with E-state index in [-0.39, 0.29) is 36.3 Å². The molecular weight excluding hydrogens is 855 g/mol. The first kappa shape index (κ1) is 51.5. The van der Waals surface area contributed by atoms with Gasteiger partial charge in [0.1, 0.15) is 19.3 Å². The molecule has 2 aromatic rings. The Morgan fingerprint density at radius 3 is 2.18 bits per heavy atom. The molecule has 3 aliphatic rings. The summed E-state index contributed by atoms with van der Waals surface area (Å²) in [5.74, 6) is -2.82. The summed E-state index contributed by atoms with van der Waals surface area (Å²) in [6.45, 7) is 19.9. The smallest absolute Gasteiger partial charge is 0.408 e. The van der Waals surface area contributed by atoms with Crippen molar-refractivity contribution >= 4 is 42.0 Å². The number of hydrogen-bond acceptors (Lipinski definition) is 14. The molecule has 0 aliphatic carbocycles. The van der Waals surface area contributed by atoms with Crippen LogP contribution in [0.15, 0.2) is 24.3 Å². The van der Waals surface area contributed by atoms with Crippen molar-refractivity contribution in [2.75, 3.05) is 45.9 Å². The summed E-state index contributed by atoms with van der Waals surface area (Å²) in [7, 11) is 0. The van der Waals surface area contributed by atoms with E-state index >= 15 is 0 Å². The van der Waals surface area contributed by atoms with Crippen LogP contribution >= 0.6 is 0 Å². The average Bonchev–Trinajstić information content (AvgIpc) is 3.62. The van der Waals surface area contributed by atoms with Crippen molar-refractivity contribution < 1.29 is 62.3 Å². The second-order valence-corrected chi connectivity index (χ2v) is 19.1. The van der Waals surface area contributed by atoms with E-state index in [1.54, 1.807) is 20.8 Å². The van der Waals surface area contributed by atoms with Crippen molar-refractivity contribution in [3.8, 4) is 5.88 Å². The minimum absolute atomic E-state index is 0.00451. The van der Waals surface area contributed by atoms with Crippen molar-refractivity contribution in [3.63, 3.8) is 0 Å². The van der Waals surface area contributed by atoms with Crippen LogP contribution in [0.3, 0.4) is 0 Å². The number of likely N-dealkylation sites (tertiary alicyclic amines) is 2. The molecule has 18 nitrogen and oxygen atoms in total. The third-order valence-corrected chi connectivity index (χ3v) is 12.5. The molecule has 0 saturated carbocycles. The van der Waals surface area contributed by atoms with Gasteiger partial charge in [-0.05, 0) is 94.4 Å². The summed E-state index contributed by atoms with van der Waals surface area (Å²) < 4.78 is 34.5. The Morgan fingerprint density at radius 1 is 0.939 bits per heavy atom. The van der Waals surface area contributed by atoms with E-state index < -0.39 is 66.2 Å². The van der Waals surface area contributed by atoms with Gasteiger partial charge in [-0.1, -0.05) is 44.2 Å². The molecule has 0 radical (unpaired) electrons. The maximum atomic E-state index is 13.1. The number of benzene rings is 1. The molecule has 3 fully saturated rings.